The van der Waals surface area contributed by atoms with E-state index < -0.39 is 0 Å². The summed E-state index contributed by atoms with van der Waals surface area (Å²) in [6, 6.07) is 15.5. The van der Waals surface area contributed by atoms with Gasteiger partial charge >= 0.3 is 0 Å². The number of hydrogen-bond donors (Lipinski definition) is 2. The average Bonchev–Trinajstić information content (AvgIpc) is 2.70. The summed E-state index contributed by atoms with van der Waals surface area (Å²) in [5.74, 6) is 2.25. The highest BCUT2D eigenvalue weighted by Gasteiger charge is 2.12. The summed E-state index contributed by atoms with van der Waals surface area (Å²) in [4.78, 5) is 8.80. The van der Waals surface area contributed by atoms with Crippen LogP contribution in [0.4, 0.5) is 17.5 Å². The third kappa shape index (κ3) is 4.60. The normalized spacial score (nSPS) is 11.6. The SMILES string of the molecule is COc1cc(Nc2nccc(NC(C)c3ccccc3)n2)c(OC)cc1Cl. The van der Waals surface area contributed by atoms with Gasteiger partial charge in [0.25, 0.3) is 0 Å². The zero-order valence-corrected chi connectivity index (χ0v) is 16.1. The summed E-state index contributed by atoms with van der Waals surface area (Å²) in [6.07, 6.45) is 1.69. The summed E-state index contributed by atoms with van der Waals surface area (Å²) >= 11 is 6.15. The van der Waals surface area contributed by atoms with E-state index in [2.05, 4.69) is 39.7 Å². The highest BCUT2D eigenvalue weighted by molar-refractivity contribution is 6.32. The molecule has 3 aromatic rings. The van der Waals surface area contributed by atoms with Crippen LogP contribution in [0, 0.1) is 0 Å². The molecule has 0 radical (unpaired) electrons. The lowest BCUT2D eigenvalue weighted by molar-refractivity contribution is 0.405. The van der Waals surface area contributed by atoms with Crippen LogP contribution in [-0.2, 0) is 0 Å². The van der Waals surface area contributed by atoms with Crippen molar-refractivity contribution in [2.45, 2.75) is 13.0 Å². The van der Waals surface area contributed by atoms with Gasteiger partial charge in [0, 0.05) is 24.4 Å². The summed E-state index contributed by atoms with van der Waals surface area (Å²) in [6.45, 7) is 2.08. The highest BCUT2D eigenvalue weighted by Crippen LogP contribution is 2.36. The Kier molecular flexibility index (Phi) is 5.98. The van der Waals surface area contributed by atoms with Gasteiger partial charge in [-0.2, -0.15) is 4.98 Å². The third-order valence-corrected chi connectivity index (χ3v) is 4.34. The van der Waals surface area contributed by atoms with E-state index >= 15 is 0 Å². The van der Waals surface area contributed by atoms with E-state index in [1.54, 1.807) is 32.5 Å². The Labute approximate surface area is 163 Å². The maximum absolute atomic E-state index is 6.15. The van der Waals surface area contributed by atoms with E-state index in [0.717, 1.165) is 0 Å². The number of rotatable bonds is 7. The van der Waals surface area contributed by atoms with Crippen LogP contribution in [0.3, 0.4) is 0 Å². The fraction of sp³-hybridized carbons (Fsp3) is 0.200. The van der Waals surface area contributed by atoms with Crippen LogP contribution in [0.5, 0.6) is 11.5 Å². The monoisotopic (exact) mass is 384 g/mol. The predicted octanol–water partition coefficient (Wildman–Crippen LogP) is 5.06. The standard InChI is InChI=1S/C20H21ClN4O2/c1-13(14-7-5-4-6-8-14)23-19-9-10-22-20(25-19)24-16-12-17(26-2)15(21)11-18(16)27-3/h4-13H,1-3H3,(H2,22,23,24,25). The second-order valence-electron chi connectivity index (χ2n) is 5.85. The van der Waals surface area contributed by atoms with Crippen molar-refractivity contribution in [3.05, 3.63) is 65.3 Å². The number of anilines is 3. The van der Waals surface area contributed by atoms with Crippen molar-refractivity contribution in [2.75, 3.05) is 24.9 Å². The van der Waals surface area contributed by atoms with Gasteiger partial charge in [-0.1, -0.05) is 41.9 Å². The van der Waals surface area contributed by atoms with Crippen LogP contribution in [0.15, 0.2) is 54.7 Å². The van der Waals surface area contributed by atoms with Gasteiger partial charge in [-0.05, 0) is 18.6 Å². The van der Waals surface area contributed by atoms with E-state index in [4.69, 9.17) is 21.1 Å². The predicted molar refractivity (Wildman–Crippen MR) is 108 cm³/mol. The van der Waals surface area contributed by atoms with Crippen LogP contribution >= 0.6 is 11.6 Å². The second-order valence-corrected chi connectivity index (χ2v) is 6.26. The Bertz CT molecular complexity index is 906. The maximum atomic E-state index is 6.15. The van der Waals surface area contributed by atoms with Gasteiger partial charge in [0.05, 0.1) is 24.9 Å². The van der Waals surface area contributed by atoms with Crippen LogP contribution in [-0.4, -0.2) is 24.2 Å². The number of aromatic nitrogens is 2. The molecule has 3 rings (SSSR count). The van der Waals surface area contributed by atoms with Crippen molar-refractivity contribution in [2.24, 2.45) is 0 Å². The molecule has 0 spiro atoms. The Morgan fingerprint density at radius 1 is 1.00 bits per heavy atom. The molecule has 0 aliphatic heterocycles. The van der Waals surface area contributed by atoms with Gasteiger partial charge in [-0.15, -0.1) is 0 Å². The Balaban J connectivity index is 1.80. The molecule has 0 bridgehead atoms. The molecule has 1 heterocycles. The molecular weight excluding hydrogens is 364 g/mol. The summed E-state index contributed by atoms with van der Waals surface area (Å²) in [5.41, 5.74) is 1.83. The number of nitrogens with one attached hydrogen (secondary N) is 2. The molecule has 0 amide bonds. The molecule has 2 aromatic carbocycles. The molecule has 0 fully saturated rings. The Hall–Kier alpha value is -2.99. The van der Waals surface area contributed by atoms with Crippen molar-refractivity contribution < 1.29 is 9.47 Å². The van der Waals surface area contributed by atoms with E-state index in [0.29, 0.717) is 34.0 Å². The maximum Gasteiger partial charge on any atom is 0.229 e. The summed E-state index contributed by atoms with van der Waals surface area (Å²) < 4.78 is 10.6. The van der Waals surface area contributed by atoms with Crippen molar-refractivity contribution >= 4 is 29.1 Å². The topological polar surface area (TPSA) is 68.3 Å². The van der Waals surface area contributed by atoms with Gasteiger partial charge < -0.3 is 20.1 Å². The zero-order chi connectivity index (χ0) is 19.2. The molecule has 0 aliphatic rings. The molecule has 7 heteroatoms. The molecule has 1 unspecified atom stereocenters. The lowest BCUT2D eigenvalue weighted by Crippen LogP contribution is -2.09. The molecule has 6 nitrogen and oxygen atoms in total. The van der Waals surface area contributed by atoms with Gasteiger partial charge in [0.1, 0.15) is 17.3 Å². The molecule has 0 saturated carbocycles. The molecule has 27 heavy (non-hydrogen) atoms. The third-order valence-electron chi connectivity index (χ3n) is 4.04. The number of ether oxygens (including phenoxy) is 2. The lowest BCUT2D eigenvalue weighted by atomic mass is 10.1. The van der Waals surface area contributed by atoms with Gasteiger partial charge in [0.2, 0.25) is 5.95 Å². The van der Waals surface area contributed by atoms with E-state index in [1.165, 1.54) is 5.56 Å². The molecular formula is C20H21ClN4O2. The van der Waals surface area contributed by atoms with Crippen LogP contribution in [0.2, 0.25) is 5.02 Å². The van der Waals surface area contributed by atoms with Crippen molar-refractivity contribution in [3.63, 3.8) is 0 Å². The van der Waals surface area contributed by atoms with Crippen LogP contribution in [0.1, 0.15) is 18.5 Å². The molecule has 0 saturated heterocycles. The minimum absolute atomic E-state index is 0.110. The number of hydrogen-bond acceptors (Lipinski definition) is 6. The average molecular weight is 385 g/mol. The van der Waals surface area contributed by atoms with Crippen molar-refractivity contribution in [1.29, 1.82) is 0 Å². The van der Waals surface area contributed by atoms with E-state index in [9.17, 15) is 0 Å². The molecule has 1 aromatic heterocycles. The zero-order valence-electron chi connectivity index (χ0n) is 15.4. The summed E-state index contributed by atoms with van der Waals surface area (Å²) in [5, 5.41) is 7.00. The van der Waals surface area contributed by atoms with Crippen molar-refractivity contribution in [3.8, 4) is 11.5 Å². The largest absolute Gasteiger partial charge is 0.495 e. The smallest absolute Gasteiger partial charge is 0.229 e. The van der Waals surface area contributed by atoms with Gasteiger partial charge in [-0.3, -0.25) is 0 Å². The number of benzene rings is 2. The van der Waals surface area contributed by atoms with E-state index in [-0.39, 0.29) is 6.04 Å². The number of halogens is 1. The van der Waals surface area contributed by atoms with Gasteiger partial charge in [0.15, 0.2) is 0 Å². The summed E-state index contributed by atoms with van der Waals surface area (Å²) in [7, 11) is 3.13. The molecule has 140 valence electrons. The van der Waals surface area contributed by atoms with E-state index in [1.807, 2.05) is 24.3 Å². The molecule has 0 aliphatic carbocycles. The second kappa shape index (κ2) is 8.60. The minimum Gasteiger partial charge on any atom is -0.495 e. The lowest BCUT2D eigenvalue weighted by Gasteiger charge is -2.16. The van der Waals surface area contributed by atoms with Crippen LogP contribution in [0.25, 0.3) is 0 Å². The molecule has 1 atom stereocenters. The molecule has 2 N–H and O–H groups in total. The Morgan fingerprint density at radius 2 is 1.74 bits per heavy atom. The fourth-order valence-electron chi connectivity index (χ4n) is 2.62. The Morgan fingerprint density at radius 3 is 2.44 bits per heavy atom. The first-order valence-corrected chi connectivity index (χ1v) is 8.81. The number of methoxy groups -OCH3 is 2. The van der Waals surface area contributed by atoms with Crippen molar-refractivity contribution in [1.82, 2.24) is 9.97 Å². The first-order chi connectivity index (χ1) is 13.1. The first kappa shape index (κ1) is 18.8. The number of nitrogens with zero attached hydrogens (tertiary/aromatic N) is 2. The van der Waals surface area contributed by atoms with Crippen LogP contribution < -0.4 is 20.1 Å². The van der Waals surface area contributed by atoms with Gasteiger partial charge in [-0.25, -0.2) is 4.98 Å². The quantitative estimate of drug-likeness (QED) is 0.593. The fourth-order valence-corrected chi connectivity index (χ4v) is 2.86. The first-order valence-electron chi connectivity index (χ1n) is 8.43. The minimum atomic E-state index is 0.110. The highest BCUT2D eigenvalue weighted by atomic mass is 35.5.